The van der Waals surface area contributed by atoms with E-state index in [1.807, 2.05) is 13.0 Å². The first-order valence-electron chi connectivity index (χ1n) is 7.74. The molecule has 1 fully saturated rings. The van der Waals surface area contributed by atoms with Crippen molar-refractivity contribution >= 4 is 0 Å². The fourth-order valence-corrected chi connectivity index (χ4v) is 3.32. The van der Waals surface area contributed by atoms with Crippen LogP contribution in [0, 0.1) is 12.7 Å². The number of aryl methyl sites for hydroxylation is 1. The summed E-state index contributed by atoms with van der Waals surface area (Å²) >= 11 is 0. The molecule has 0 saturated heterocycles. The lowest BCUT2D eigenvalue weighted by atomic mass is 9.82. The van der Waals surface area contributed by atoms with Crippen molar-refractivity contribution in [3.63, 3.8) is 0 Å². The van der Waals surface area contributed by atoms with Gasteiger partial charge in [0.05, 0.1) is 11.6 Å². The zero-order chi connectivity index (χ0) is 14.6. The smallest absolute Gasteiger partial charge is 0.126 e. The van der Waals surface area contributed by atoms with E-state index in [1.165, 1.54) is 18.9 Å². The Labute approximate surface area is 121 Å². The molecule has 1 aromatic carbocycles. The van der Waals surface area contributed by atoms with Crippen LogP contribution in [0.2, 0.25) is 0 Å². The van der Waals surface area contributed by atoms with Gasteiger partial charge in [0.1, 0.15) is 5.82 Å². The van der Waals surface area contributed by atoms with Gasteiger partial charge in [-0.05, 0) is 43.9 Å². The first kappa shape index (κ1) is 15.5. The summed E-state index contributed by atoms with van der Waals surface area (Å²) in [6, 6.07) is 5.01. The second kappa shape index (κ2) is 6.68. The van der Waals surface area contributed by atoms with E-state index in [0.717, 1.165) is 31.2 Å². The number of hydrogen-bond acceptors (Lipinski definition) is 2. The van der Waals surface area contributed by atoms with Gasteiger partial charge in [-0.15, -0.1) is 0 Å². The maximum Gasteiger partial charge on any atom is 0.126 e. The van der Waals surface area contributed by atoms with Gasteiger partial charge in [0.15, 0.2) is 0 Å². The molecule has 0 aliphatic heterocycles. The van der Waals surface area contributed by atoms with Crippen LogP contribution >= 0.6 is 0 Å². The summed E-state index contributed by atoms with van der Waals surface area (Å²) < 4.78 is 19.6. The van der Waals surface area contributed by atoms with Crippen LogP contribution in [0.3, 0.4) is 0 Å². The van der Waals surface area contributed by atoms with Crippen LogP contribution in [0.5, 0.6) is 0 Å². The Kier molecular flexibility index (Phi) is 5.17. The number of rotatable bonds is 4. The molecule has 0 heterocycles. The Morgan fingerprint density at radius 3 is 2.45 bits per heavy atom. The number of nitrogens with two attached hydrogens (primary N) is 1. The fourth-order valence-electron chi connectivity index (χ4n) is 3.32. The minimum Gasteiger partial charge on any atom is -0.373 e. The highest BCUT2D eigenvalue weighted by molar-refractivity contribution is 5.28. The van der Waals surface area contributed by atoms with Crippen LogP contribution in [0.15, 0.2) is 18.2 Å². The van der Waals surface area contributed by atoms with Gasteiger partial charge in [-0.2, -0.15) is 0 Å². The second-order valence-corrected chi connectivity index (χ2v) is 5.90. The maximum atomic E-state index is 13.4. The summed E-state index contributed by atoms with van der Waals surface area (Å²) in [7, 11) is 0. The molecular formula is C17H26FNO. The molecule has 1 aliphatic rings. The summed E-state index contributed by atoms with van der Waals surface area (Å²) in [6.07, 6.45) is 6.83. The van der Waals surface area contributed by atoms with Crippen LogP contribution in [0.4, 0.5) is 4.39 Å². The van der Waals surface area contributed by atoms with Crippen molar-refractivity contribution in [2.45, 2.75) is 64.0 Å². The van der Waals surface area contributed by atoms with Gasteiger partial charge in [0.25, 0.3) is 0 Å². The Morgan fingerprint density at radius 1 is 1.25 bits per heavy atom. The third-order valence-corrected chi connectivity index (χ3v) is 4.49. The molecule has 1 aliphatic carbocycles. The molecule has 0 radical (unpaired) electrons. The monoisotopic (exact) mass is 279 g/mol. The van der Waals surface area contributed by atoms with Gasteiger partial charge in [-0.25, -0.2) is 4.39 Å². The lowest BCUT2D eigenvalue weighted by Crippen LogP contribution is -2.43. The van der Waals surface area contributed by atoms with E-state index in [4.69, 9.17) is 10.5 Å². The van der Waals surface area contributed by atoms with E-state index in [0.29, 0.717) is 12.2 Å². The Balaban J connectivity index is 2.29. The third kappa shape index (κ3) is 3.21. The lowest BCUT2D eigenvalue weighted by molar-refractivity contribution is -0.0696. The summed E-state index contributed by atoms with van der Waals surface area (Å²) in [5, 5.41) is 0. The molecule has 1 saturated carbocycles. The number of halogens is 1. The Bertz CT molecular complexity index is 439. The Morgan fingerprint density at radius 2 is 1.90 bits per heavy atom. The molecule has 112 valence electrons. The molecule has 1 aromatic rings. The quantitative estimate of drug-likeness (QED) is 0.836. The standard InChI is InChI=1S/C17H26FNO/c1-3-20-17(10-6-4-5-7-11-17)16(19)14-8-9-15(18)13(2)12-14/h8-9,12,16H,3-7,10-11,19H2,1-2H3. The van der Waals surface area contributed by atoms with Crippen molar-refractivity contribution in [3.05, 3.63) is 35.1 Å². The van der Waals surface area contributed by atoms with Crippen molar-refractivity contribution in [2.75, 3.05) is 6.61 Å². The molecule has 1 atom stereocenters. The molecule has 2 N–H and O–H groups in total. The lowest BCUT2D eigenvalue weighted by Gasteiger charge is -2.38. The van der Waals surface area contributed by atoms with Gasteiger partial charge in [0.2, 0.25) is 0 Å². The van der Waals surface area contributed by atoms with Crippen LogP contribution in [-0.2, 0) is 4.74 Å². The predicted molar refractivity (Wildman–Crippen MR) is 80.1 cm³/mol. The van der Waals surface area contributed by atoms with Crippen LogP contribution in [-0.4, -0.2) is 12.2 Å². The summed E-state index contributed by atoms with van der Waals surface area (Å²) in [5.74, 6) is -0.174. The molecule has 20 heavy (non-hydrogen) atoms. The molecule has 0 spiro atoms. The first-order valence-corrected chi connectivity index (χ1v) is 7.74. The molecule has 0 aromatic heterocycles. The molecule has 1 unspecified atom stereocenters. The normalized spacial score (nSPS) is 20.4. The highest BCUT2D eigenvalue weighted by atomic mass is 19.1. The largest absolute Gasteiger partial charge is 0.373 e. The van der Waals surface area contributed by atoms with Crippen molar-refractivity contribution in [2.24, 2.45) is 5.73 Å². The van der Waals surface area contributed by atoms with Gasteiger partial charge in [-0.1, -0.05) is 37.8 Å². The zero-order valence-corrected chi connectivity index (χ0v) is 12.6. The van der Waals surface area contributed by atoms with E-state index >= 15 is 0 Å². The third-order valence-electron chi connectivity index (χ3n) is 4.49. The summed E-state index contributed by atoms with van der Waals surface area (Å²) in [5.41, 5.74) is 7.89. The van der Waals surface area contributed by atoms with E-state index in [2.05, 4.69) is 0 Å². The number of hydrogen-bond donors (Lipinski definition) is 1. The molecule has 0 amide bonds. The second-order valence-electron chi connectivity index (χ2n) is 5.90. The minimum atomic E-state index is -0.282. The van der Waals surface area contributed by atoms with Crippen LogP contribution in [0.25, 0.3) is 0 Å². The number of ether oxygens (including phenoxy) is 1. The predicted octanol–water partition coefficient (Wildman–Crippen LogP) is 4.26. The van der Waals surface area contributed by atoms with Gasteiger partial charge >= 0.3 is 0 Å². The van der Waals surface area contributed by atoms with Gasteiger partial charge < -0.3 is 10.5 Å². The highest BCUT2D eigenvalue weighted by Gasteiger charge is 2.38. The average Bonchev–Trinajstić information content (AvgIpc) is 2.68. The Hall–Kier alpha value is -0.930. The topological polar surface area (TPSA) is 35.2 Å². The number of benzene rings is 1. The van der Waals surface area contributed by atoms with Crippen LogP contribution < -0.4 is 5.73 Å². The molecule has 0 bridgehead atoms. The van der Waals surface area contributed by atoms with Gasteiger partial charge in [0, 0.05) is 6.61 Å². The van der Waals surface area contributed by atoms with E-state index in [1.54, 1.807) is 13.0 Å². The minimum absolute atomic E-state index is 0.174. The van der Waals surface area contributed by atoms with E-state index in [-0.39, 0.29) is 17.5 Å². The zero-order valence-electron chi connectivity index (χ0n) is 12.6. The highest BCUT2D eigenvalue weighted by Crippen LogP contribution is 2.39. The van der Waals surface area contributed by atoms with Crippen molar-refractivity contribution in [1.29, 1.82) is 0 Å². The molecule has 2 rings (SSSR count). The molecular weight excluding hydrogens is 253 g/mol. The fraction of sp³-hybridized carbons (Fsp3) is 0.647. The van der Waals surface area contributed by atoms with E-state index in [9.17, 15) is 4.39 Å². The SMILES string of the molecule is CCOC1(C(N)c2ccc(F)c(C)c2)CCCCCC1. The molecule has 2 nitrogen and oxygen atoms in total. The summed E-state index contributed by atoms with van der Waals surface area (Å²) in [4.78, 5) is 0. The summed E-state index contributed by atoms with van der Waals surface area (Å²) in [6.45, 7) is 4.48. The maximum absolute atomic E-state index is 13.4. The van der Waals surface area contributed by atoms with Crippen molar-refractivity contribution in [1.82, 2.24) is 0 Å². The first-order chi connectivity index (χ1) is 9.59. The molecule has 3 heteroatoms. The van der Waals surface area contributed by atoms with Gasteiger partial charge in [-0.3, -0.25) is 0 Å². The van der Waals surface area contributed by atoms with Crippen molar-refractivity contribution in [3.8, 4) is 0 Å². The average molecular weight is 279 g/mol. The van der Waals surface area contributed by atoms with E-state index < -0.39 is 0 Å². The van der Waals surface area contributed by atoms with Crippen LogP contribution in [0.1, 0.15) is 62.6 Å². The van der Waals surface area contributed by atoms with Crippen molar-refractivity contribution < 1.29 is 9.13 Å².